The van der Waals surface area contributed by atoms with E-state index in [0.29, 0.717) is 19.4 Å². The van der Waals surface area contributed by atoms with Crippen molar-refractivity contribution in [2.75, 3.05) is 24.7 Å². The third kappa shape index (κ3) is 3.64. The van der Waals surface area contributed by atoms with E-state index in [1.165, 1.54) is 11.8 Å². The minimum absolute atomic E-state index is 0.192. The molecule has 2 amide bonds. The molecule has 1 unspecified atom stereocenters. The third-order valence-corrected chi connectivity index (χ3v) is 9.92. The van der Waals surface area contributed by atoms with Gasteiger partial charge in [0.05, 0.1) is 35.8 Å². The summed E-state index contributed by atoms with van der Waals surface area (Å²) < 4.78 is 4.60. The van der Waals surface area contributed by atoms with Gasteiger partial charge in [-0.15, -0.1) is 11.8 Å². The number of hydrogen-bond donors (Lipinski definition) is 1. The van der Waals surface area contributed by atoms with Crippen molar-refractivity contribution in [3.8, 4) is 0 Å². The van der Waals surface area contributed by atoms with Gasteiger partial charge in [0.15, 0.2) is 0 Å². The molecule has 4 aliphatic rings. The van der Waals surface area contributed by atoms with Gasteiger partial charge < -0.3 is 19.6 Å². The van der Waals surface area contributed by atoms with Crippen molar-refractivity contribution in [1.82, 2.24) is 4.90 Å². The standard InChI is InChI=1S/C29H30N2O5S/c1-2-20(17-32)31-25-27(34)30(21-12-11-18-8-3-4-9-19(18)16-21)14-7-13-29(25)24(26(31)33)23-22(37-29)10-5-6-15-36-28(23)35/h3-5,7-13,16,20,22-25,32H,2,6,14-15,17H2,1H3/t20-,22-,23+,24-,25?,29-/m0/s1. The fourth-order valence-corrected chi connectivity index (χ4v) is 8.42. The first kappa shape index (κ1) is 24.2. The number of ether oxygens (including phenoxy) is 1. The highest BCUT2D eigenvalue weighted by molar-refractivity contribution is 8.02. The molecule has 1 N–H and O–H groups in total. The number of fused-ring (bicyclic) bond motifs is 3. The molecule has 8 heteroatoms. The molecule has 0 radical (unpaired) electrons. The molecule has 0 saturated carbocycles. The number of cyclic esters (lactones) is 1. The smallest absolute Gasteiger partial charge is 0.311 e. The lowest BCUT2D eigenvalue weighted by Gasteiger charge is -2.38. The summed E-state index contributed by atoms with van der Waals surface area (Å²) in [4.78, 5) is 45.1. The molecule has 4 heterocycles. The second-order valence-corrected chi connectivity index (χ2v) is 11.6. The van der Waals surface area contributed by atoms with Gasteiger partial charge in [-0.25, -0.2) is 0 Å². The Morgan fingerprint density at radius 1 is 1.11 bits per heavy atom. The predicted octanol–water partition coefficient (Wildman–Crippen LogP) is 3.31. The van der Waals surface area contributed by atoms with Crippen molar-refractivity contribution < 1.29 is 24.2 Å². The summed E-state index contributed by atoms with van der Waals surface area (Å²) in [6, 6.07) is 12.6. The Labute approximate surface area is 220 Å². The Bertz CT molecular complexity index is 1320. The first-order valence-electron chi connectivity index (χ1n) is 12.9. The van der Waals surface area contributed by atoms with Gasteiger partial charge in [0.2, 0.25) is 5.91 Å². The molecule has 192 valence electrons. The minimum Gasteiger partial charge on any atom is -0.465 e. The zero-order valence-corrected chi connectivity index (χ0v) is 21.5. The van der Waals surface area contributed by atoms with Crippen LogP contribution >= 0.6 is 11.8 Å². The number of carbonyl (C=O) groups excluding carboxylic acids is 3. The number of benzene rings is 2. The Kier molecular flexibility index (Phi) is 6.12. The van der Waals surface area contributed by atoms with E-state index < -0.39 is 28.7 Å². The summed E-state index contributed by atoms with van der Waals surface area (Å²) in [5, 5.41) is 12.1. The van der Waals surface area contributed by atoms with Crippen LogP contribution in [0, 0.1) is 11.8 Å². The second-order valence-electron chi connectivity index (χ2n) is 10.1. The van der Waals surface area contributed by atoms with Crippen LogP contribution < -0.4 is 4.90 Å². The summed E-state index contributed by atoms with van der Waals surface area (Å²) in [6.07, 6.45) is 9.07. The number of carbonyl (C=O) groups is 3. The molecular weight excluding hydrogens is 488 g/mol. The van der Waals surface area contributed by atoms with E-state index >= 15 is 0 Å². The van der Waals surface area contributed by atoms with Crippen LogP contribution in [0.4, 0.5) is 5.69 Å². The summed E-state index contributed by atoms with van der Waals surface area (Å²) in [5.41, 5.74) is 0.756. The maximum absolute atomic E-state index is 14.5. The van der Waals surface area contributed by atoms with Crippen LogP contribution in [-0.4, -0.2) is 69.6 Å². The molecule has 0 bridgehead atoms. The summed E-state index contributed by atoms with van der Waals surface area (Å²) in [6.45, 7) is 2.28. The number of thioether (sulfide) groups is 1. The van der Waals surface area contributed by atoms with Crippen LogP contribution in [-0.2, 0) is 19.1 Å². The third-order valence-electron chi connectivity index (χ3n) is 8.18. The molecule has 2 aromatic carbocycles. The lowest BCUT2D eigenvalue weighted by Crippen LogP contribution is -2.56. The fraction of sp³-hybridized carbons (Fsp3) is 0.414. The van der Waals surface area contributed by atoms with Crippen molar-refractivity contribution in [3.05, 3.63) is 66.8 Å². The van der Waals surface area contributed by atoms with Gasteiger partial charge in [-0.2, -0.15) is 0 Å². The van der Waals surface area contributed by atoms with Gasteiger partial charge >= 0.3 is 5.97 Å². The molecule has 0 aromatic heterocycles. The van der Waals surface area contributed by atoms with Gasteiger partial charge in [-0.1, -0.05) is 61.6 Å². The Morgan fingerprint density at radius 2 is 1.92 bits per heavy atom. The van der Waals surface area contributed by atoms with Crippen molar-refractivity contribution in [2.45, 2.75) is 41.8 Å². The second kappa shape index (κ2) is 9.33. The first-order valence-corrected chi connectivity index (χ1v) is 13.8. The topological polar surface area (TPSA) is 87.2 Å². The molecule has 6 rings (SSSR count). The van der Waals surface area contributed by atoms with Crippen LogP contribution in [0.3, 0.4) is 0 Å². The van der Waals surface area contributed by atoms with Crippen molar-refractivity contribution in [3.63, 3.8) is 0 Å². The van der Waals surface area contributed by atoms with Crippen molar-refractivity contribution in [1.29, 1.82) is 0 Å². The lowest BCUT2D eigenvalue weighted by molar-refractivity contribution is -0.153. The van der Waals surface area contributed by atoms with E-state index in [1.54, 1.807) is 9.80 Å². The van der Waals surface area contributed by atoms with Crippen LogP contribution in [0.5, 0.6) is 0 Å². The molecule has 0 aliphatic carbocycles. The molecule has 7 nitrogen and oxygen atoms in total. The molecule has 6 atom stereocenters. The number of esters is 1. The van der Waals surface area contributed by atoms with Crippen molar-refractivity contribution >= 4 is 46.0 Å². The Hall–Kier alpha value is -3.10. The fourth-order valence-electron chi connectivity index (χ4n) is 6.43. The Balaban J connectivity index is 1.48. The Morgan fingerprint density at radius 3 is 2.70 bits per heavy atom. The van der Waals surface area contributed by atoms with E-state index in [1.807, 2.05) is 73.7 Å². The molecule has 2 fully saturated rings. The number of likely N-dealkylation sites (tertiary alicyclic amines) is 1. The maximum Gasteiger partial charge on any atom is 0.311 e. The van der Waals surface area contributed by atoms with E-state index in [4.69, 9.17) is 4.74 Å². The van der Waals surface area contributed by atoms with Crippen LogP contribution in [0.25, 0.3) is 10.8 Å². The van der Waals surface area contributed by atoms with E-state index in [2.05, 4.69) is 0 Å². The molecule has 1 spiro atoms. The van der Waals surface area contributed by atoms with Crippen LogP contribution in [0.1, 0.15) is 19.8 Å². The predicted molar refractivity (Wildman–Crippen MR) is 143 cm³/mol. The SMILES string of the molecule is CC[C@@H](CO)N1C(=O)[C@@H]2[C@@H]3C(=O)OCCC=C[C@@H]3S[C@@]23C=CCN(c2ccc4ccccc4c2)C(=O)C13. The number of amides is 2. The number of aliphatic hydroxyl groups is 1. The van der Waals surface area contributed by atoms with E-state index in [9.17, 15) is 19.5 Å². The van der Waals surface area contributed by atoms with Crippen LogP contribution in [0.15, 0.2) is 66.8 Å². The highest BCUT2D eigenvalue weighted by atomic mass is 32.2. The highest BCUT2D eigenvalue weighted by Crippen LogP contribution is 2.61. The summed E-state index contributed by atoms with van der Waals surface area (Å²) in [5.74, 6) is -2.24. The average molecular weight is 519 g/mol. The normalized spacial score (nSPS) is 31.9. The zero-order chi connectivity index (χ0) is 25.7. The van der Waals surface area contributed by atoms with Gasteiger partial charge in [0.25, 0.3) is 5.91 Å². The van der Waals surface area contributed by atoms with Gasteiger partial charge in [0, 0.05) is 17.5 Å². The van der Waals surface area contributed by atoms with Crippen LogP contribution in [0.2, 0.25) is 0 Å². The largest absolute Gasteiger partial charge is 0.465 e. The number of hydrogen-bond acceptors (Lipinski definition) is 6. The van der Waals surface area contributed by atoms with Crippen molar-refractivity contribution in [2.24, 2.45) is 11.8 Å². The average Bonchev–Trinajstić information content (AvgIpc) is 3.28. The molecule has 37 heavy (non-hydrogen) atoms. The molecule has 2 aromatic rings. The summed E-state index contributed by atoms with van der Waals surface area (Å²) >= 11 is 1.52. The number of rotatable bonds is 4. The highest BCUT2D eigenvalue weighted by Gasteiger charge is 2.71. The number of anilines is 1. The minimum atomic E-state index is -0.925. The molecule has 4 aliphatic heterocycles. The zero-order valence-electron chi connectivity index (χ0n) is 20.7. The number of aliphatic hydroxyl groups excluding tert-OH is 1. The van der Waals surface area contributed by atoms with Gasteiger partial charge in [0.1, 0.15) is 6.04 Å². The molecular formula is C29H30N2O5S. The van der Waals surface area contributed by atoms with E-state index in [-0.39, 0.29) is 36.2 Å². The maximum atomic E-state index is 14.5. The number of nitrogens with zero attached hydrogens (tertiary/aromatic N) is 2. The van der Waals surface area contributed by atoms with Gasteiger partial charge in [-0.05, 0) is 35.7 Å². The van der Waals surface area contributed by atoms with E-state index in [0.717, 1.165) is 16.5 Å². The quantitative estimate of drug-likeness (QED) is 0.494. The lowest BCUT2D eigenvalue weighted by atomic mass is 9.78. The first-order chi connectivity index (χ1) is 18.0. The molecule has 2 saturated heterocycles. The summed E-state index contributed by atoms with van der Waals surface area (Å²) in [7, 11) is 0. The monoisotopic (exact) mass is 518 g/mol. The van der Waals surface area contributed by atoms with Gasteiger partial charge in [-0.3, -0.25) is 14.4 Å².